The lowest BCUT2D eigenvalue weighted by Gasteiger charge is -2.40. The van der Waals surface area contributed by atoms with Gasteiger partial charge in [0, 0.05) is 13.5 Å². The smallest absolute Gasteiger partial charge is 0.303 e. The fraction of sp³-hybridized carbons (Fsp3) is 0.556. The van der Waals surface area contributed by atoms with Crippen LogP contribution in [0.3, 0.4) is 0 Å². The summed E-state index contributed by atoms with van der Waals surface area (Å²) in [5, 5.41) is 23.7. The summed E-state index contributed by atoms with van der Waals surface area (Å²) >= 11 is 5.00. The van der Waals surface area contributed by atoms with Crippen molar-refractivity contribution in [2.24, 2.45) is 0 Å². The summed E-state index contributed by atoms with van der Waals surface area (Å²) in [4.78, 5) is 11.2. The van der Waals surface area contributed by atoms with Gasteiger partial charge >= 0.3 is 5.97 Å². The number of aliphatic hydroxyl groups is 2. The molecule has 1 saturated heterocycles. The Kier molecular flexibility index (Phi) is 7.78. The molecule has 0 unspecified atom stereocenters. The Labute approximate surface area is 163 Å². The summed E-state index contributed by atoms with van der Waals surface area (Å²) in [5.74, 6) is -0.145. The highest BCUT2D eigenvalue weighted by molar-refractivity contribution is 7.80. The first-order chi connectivity index (χ1) is 12.8. The van der Waals surface area contributed by atoms with Crippen molar-refractivity contribution >= 4 is 23.4 Å². The number of ether oxygens (including phenoxy) is 4. The molecule has 150 valence electrons. The average molecular weight is 399 g/mol. The van der Waals surface area contributed by atoms with Gasteiger partial charge in [0.2, 0.25) is 6.29 Å². The molecular formula is C18H25NO7S. The van der Waals surface area contributed by atoms with Crippen LogP contribution < -0.4 is 10.1 Å². The molecule has 1 aromatic rings. The van der Waals surface area contributed by atoms with Gasteiger partial charge in [-0.2, -0.15) is 0 Å². The lowest BCUT2D eigenvalue weighted by molar-refractivity contribution is -0.272. The van der Waals surface area contributed by atoms with Crippen molar-refractivity contribution in [3.8, 4) is 5.75 Å². The van der Waals surface area contributed by atoms with Gasteiger partial charge in [-0.05, 0) is 43.8 Å². The van der Waals surface area contributed by atoms with E-state index in [1.54, 1.807) is 19.1 Å². The number of nitrogens with one attached hydrogen (secondary N) is 1. The SMILES string of the molecule is CCOC(=S)NCc1ccc(O[C@@H]2O[C@@H](C)[C@H](O)[C@@H](OC(C)=O)[C@H]2O)cc1. The molecule has 1 aliphatic rings. The molecular weight excluding hydrogens is 374 g/mol. The number of hydrogen-bond acceptors (Lipinski definition) is 8. The van der Waals surface area contributed by atoms with Crippen LogP contribution in [-0.2, 0) is 25.5 Å². The van der Waals surface area contributed by atoms with E-state index in [-0.39, 0.29) is 0 Å². The molecule has 8 nitrogen and oxygen atoms in total. The maximum Gasteiger partial charge on any atom is 0.303 e. The van der Waals surface area contributed by atoms with Crippen molar-refractivity contribution in [1.82, 2.24) is 5.32 Å². The van der Waals surface area contributed by atoms with Gasteiger partial charge in [-0.25, -0.2) is 0 Å². The third-order valence-electron chi connectivity index (χ3n) is 3.97. The predicted molar refractivity (Wildman–Crippen MR) is 100 cm³/mol. The van der Waals surface area contributed by atoms with E-state index < -0.39 is 36.7 Å². The van der Waals surface area contributed by atoms with Gasteiger partial charge in [-0.3, -0.25) is 4.79 Å². The van der Waals surface area contributed by atoms with Crippen LogP contribution in [0.5, 0.6) is 5.75 Å². The average Bonchev–Trinajstić information content (AvgIpc) is 2.62. The summed E-state index contributed by atoms with van der Waals surface area (Å²) in [6.45, 7) is 5.68. The molecule has 0 radical (unpaired) electrons. The Hall–Kier alpha value is -1.94. The fourth-order valence-corrected chi connectivity index (χ4v) is 2.79. The number of carbonyl (C=O) groups excluding carboxylic acids is 1. The van der Waals surface area contributed by atoms with Crippen LogP contribution >= 0.6 is 12.2 Å². The zero-order chi connectivity index (χ0) is 20.0. The normalized spacial score (nSPS) is 27.5. The van der Waals surface area contributed by atoms with E-state index in [9.17, 15) is 15.0 Å². The largest absolute Gasteiger partial charge is 0.471 e. The third-order valence-corrected chi connectivity index (χ3v) is 4.23. The van der Waals surface area contributed by atoms with Crippen LogP contribution in [0.25, 0.3) is 0 Å². The molecule has 3 N–H and O–H groups in total. The van der Waals surface area contributed by atoms with Crippen molar-refractivity contribution < 1.29 is 34.0 Å². The quantitative estimate of drug-likeness (QED) is 0.475. The Balaban J connectivity index is 1.97. The number of carbonyl (C=O) groups is 1. The first kappa shape index (κ1) is 21.4. The molecule has 0 saturated carbocycles. The number of thiocarbonyl (C=S) groups is 1. The molecule has 1 heterocycles. The molecule has 0 spiro atoms. The van der Waals surface area contributed by atoms with Gasteiger partial charge in [0.05, 0.1) is 12.7 Å². The lowest BCUT2D eigenvalue weighted by atomic mass is 9.99. The van der Waals surface area contributed by atoms with E-state index in [0.717, 1.165) is 5.56 Å². The molecule has 1 fully saturated rings. The van der Waals surface area contributed by atoms with Gasteiger partial charge in [-0.15, -0.1) is 0 Å². The van der Waals surface area contributed by atoms with E-state index >= 15 is 0 Å². The van der Waals surface area contributed by atoms with Gasteiger partial charge in [0.15, 0.2) is 12.2 Å². The minimum absolute atomic E-state index is 0.334. The number of esters is 1. The van der Waals surface area contributed by atoms with Gasteiger partial charge < -0.3 is 34.5 Å². The molecule has 1 aromatic carbocycles. The van der Waals surface area contributed by atoms with Crippen molar-refractivity contribution in [1.29, 1.82) is 0 Å². The Morgan fingerprint density at radius 1 is 1.26 bits per heavy atom. The molecule has 0 bridgehead atoms. The zero-order valence-electron chi connectivity index (χ0n) is 15.5. The minimum Gasteiger partial charge on any atom is -0.471 e. The molecule has 27 heavy (non-hydrogen) atoms. The summed E-state index contributed by atoms with van der Waals surface area (Å²) in [5.41, 5.74) is 0.955. The van der Waals surface area contributed by atoms with E-state index in [1.807, 2.05) is 19.1 Å². The first-order valence-electron chi connectivity index (χ1n) is 8.66. The van der Waals surface area contributed by atoms with E-state index in [2.05, 4.69) is 5.32 Å². The second-order valence-corrected chi connectivity index (χ2v) is 6.47. The van der Waals surface area contributed by atoms with Gasteiger partial charge in [-0.1, -0.05) is 12.1 Å². The third kappa shape index (κ3) is 6.03. The molecule has 9 heteroatoms. The maximum absolute atomic E-state index is 11.2. The van der Waals surface area contributed by atoms with Crippen molar-refractivity contribution in [2.45, 2.75) is 58.0 Å². The molecule has 0 aromatic heterocycles. The standard InChI is InChI=1S/C18H25NO7S/c1-4-23-18(27)19-9-12-5-7-13(8-6-12)26-17-15(22)16(25-11(3)20)14(21)10(2)24-17/h5-8,10,14-17,21-22H,4,9H2,1-3H3,(H,19,27)/t10-,14-,15+,16+,17-/m0/s1. The zero-order valence-corrected chi connectivity index (χ0v) is 16.3. The van der Waals surface area contributed by atoms with Crippen LogP contribution in [0.1, 0.15) is 26.3 Å². The first-order valence-corrected chi connectivity index (χ1v) is 9.07. The number of benzene rings is 1. The highest BCUT2D eigenvalue weighted by atomic mass is 32.1. The Morgan fingerprint density at radius 3 is 2.52 bits per heavy atom. The van der Waals surface area contributed by atoms with Crippen molar-refractivity contribution in [3.63, 3.8) is 0 Å². The highest BCUT2D eigenvalue weighted by Crippen LogP contribution is 2.26. The predicted octanol–water partition coefficient (Wildman–Crippen LogP) is 0.875. The summed E-state index contributed by atoms with van der Waals surface area (Å²) < 4.78 is 21.3. The Morgan fingerprint density at radius 2 is 1.93 bits per heavy atom. The van der Waals surface area contributed by atoms with Crippen LogP contribution in [0, 0.1) is 0 Å². The second kappa shape index (κ2) is 9.84. The highest BCUT2D eigenvalue weighted by Gasteiger charge is 2.46. The van der Waals surface area contributed by atoms with Crippen molar-refractivity contribution in [3.05, 3.63) is 29.8 Å². The molecule has 5 atom stereocenters. The topological polar surface area (TPSA) is 106 Å². The fourth-order valence-electron chi connectivity index (χ4n) is 2.60. The number of hydrogen-bond donors (Lipinski definition) is 3. The van der Waals surface area contributed by atoms with Gasteiger partial charge in [0.1, 0.15) is 11.9 Å². The lowest BCUT2D eigenvalue weighted by Crippen LogP contribution is -2.59. The molecule has 0 amide bonds. The summed E-state index contributed by atoms with van der Waals surface area (Å²) in [7, 11) is 0. The van der Waals surface area contributed by atoms with E-state index in [0.29, 0.717) is 24.1 Å². The van der Waals surface area contributed by atoms with Crippen LogP contribution in [0.15, 0.2) is 24.3 Å². The molecule has 2 rings (SSSR count). The van der Waals surface area contributed by atoms with Crippen LogP contribution in [0.2, 0.25) is 0 Å². The van der Waals surface area contributed by atoms with Crippen molar-refractivity contribution in [2.75, 3.05) is 6.61 Å². The Bertz CT molecular complexity index is 639. The van der Waals surface area contributed by atoms with Crippen LogP contribution in [-0.4, -0.2) is 58.7 Å². The monoisotopic (exact) mass is 399 g/mol. The number of rotatable bonds is 6. The van der Waals surface area contributed by atoms with E-state index in [4.69, 9.17) is 31.2 Å². The number of aliphatic hydroxyl groups excluding tert-OH is 2. The van der Waals surface area contributed by atoms with Gasteiger partial charge in [0.25, 0.3) is 5.17 Å². The second-order valence-electron chi connectivity index (χ2n) is 6.10. The summed E-state index contributed by atoms with van der Waals surface area (Å²) in [6.07, 6.45) is -5.36. The maximum atomic E-state index is 11.2. The van der Waals surface area contributed by atoms with Crippen LogP contribution in [0.4, 0.5) is 0 Å². The summed E-state index contributed by atoms with van der Waals surface area (Å²) in [6, 6.07) is 7.09. The van der Waals surface area contributed by atoms with E-state index in [1.165, 1.54) is 6.92 Å². The molecule has 1 aliphatic heterocycles. The minimum atomic E-state index is -1.33. The molecule has 0 aliphatic carbocycles.